The van der Waals surface area contributed by atoms with Gasteiger partial charge in [0.1, 0.15) is 5.82 Å². The molecule has 0 radical (unpaired) electrons. The maximum absolute atomic E-state index is 12.8. The second-order valence-corrected chi connectivity index (χ2v) is 4.42. The van der Waals surface area contributed by atoms with E-state index in [0.29, 0.717) is 12.5 Å². The highest BCUT2D eigenvalue weighted by Crippen LogP contribution is 2.18. The minimum absolute atomic E-state index is 0.238. The Balaban J connectivity index is 2.08. The summed E-state index contributed by atoms with van der Waals surface area (Å²) in [6.45, 7) is 2.66. The van der Waals surface area contributed by atoms with Crippen LogP contribution in [-0.2, 0) is 0 Å². The fourth-order valence-corrected chi connectivity index (χ4v) is 1.74. The van der Waals surface area contributed by atoms with E-state index in [9.17, 15) is 4.39 Å². The summed E-state index contributed by atoms with van der Waals surface area (Å²) in [7, 11) is 0. The molecule has 1 atom stereocenters. The number of aromatic nitrogens is 2. The van der Waals surface area contributed by atoms with Crippen LogP contribution in [-0.4, -0.2) is 22.6 Å². The van der Waals surface area contributed by atoms with E-state index in [0.717, 1.165) is 17.5 Å². The van der Waals surface area contributed by atoms with Crippen molar-refractivity contribution in [2.24, 2.45) is 5.73 Å². The predicted octanol–water partition coefficient (Wildman–Crippen LogP) is 2.43. The zero-order valence-electron chi connectivity index (χ0n) is 10.8. The first kappa shape index (κ1) is 13.4. The molecule has 0 aliphatic rings. The van der Waals surface area contributed by atoms with Gasteiger partial charge in [-0.3, -0.25) is 0 Å². The fraction of sp³-hybridized carbons (Fsp3) is 0.286. The van der Waals surface area contributed by atoms with Crippen molar-refractivity contribution in [3.05, 3.63) is 42.5 Å². The number of nitrogens with two attached hydrogens (primary N) is 1. The van der Waals surface area contributed by atoms with E-state index in [4.69, 9.17) is 5.73 Å². The van der Waals surface area contributed by atoms with E-state index >= 15 is 0 Å². The molecule has 0 saturated heterocycles. The largest absolute Gasteiger partial charge is 0.352 e. The van der Waals surface area contributed by atoms with Gasteiger partial charge in [0.15, 0.2) is 0 Å². The monoisotopic (exact) mass is 260 g/mol. The number of halogens is 1. The van der Waals surface area contributed by atoms with Crippen molar-refractivity contribution < 1.29 is 4.39 Å². The molecule has 1 aromatic heterocycles. The van der Waals surface area contributed by atoms with Crippen LogP contribution >= 0.6 is 0 Å². The quantitative estimate of drug-likeness (QED) is 0.866. The molecular weight excluding hydrogens is 243 g/mol. The molecule has 5 heteroatoms. The summed E-state index contributed by atoms with van der Waals surface area (Å²) in [4.78, 5) is 8.49. The summed E-state index contributed by atoms with van der Waals surface area (Å²) >= 11 is 0. The number of benzene rings is 1. The topological polar surface area (TPSA) is 63.8 Å². The Hall–Kier alpha value is -2.01. The minimum atomic E-state index is -0.251. The molecule has 0 fully saturated rings. The lowest BCUT2D eigenvalue weighted by Gasteiger charge is -2.12. The van der Waals surface area contributed by atoms with Crippen molar-refractivity contribution in [2.75, 3.05) is 11.9 Å². The molecule has 1 unspecified atom stereocenters. The van der Waals surface area contributed by atoms with Crippen molar-refractivity contribution in [1.82, 2.24) is 9.97 Å². The molecule has 3 N–H and O–H groups in total. The Bertz CT molecular complexity index is 510. The van der Waals surface area contributed by atoms with Gasteiger partial charge in [0.2, 0.25) is 5.95 Å². The second-order valence-electron chi connectivity index (χ2n) is 4.42. The lowest BCUT2D eigenvalue weighted by molar-refractivity contribution is 0.628. The Labute approximate surface area is 111 Å². The highest BCUT2D eigenvalue weighted by molar-refractivity contribution is 5.61. The van der Waals surface area contributed by atoms with Crippen LogP contribution in [0.4, 0.5) is 10.3 Å². The maximum atomic E-state index is 12.8. The summed E-state index contributed by atoms with van der Waals surface area (Å²) in [5, 5.41) is 3.17. The number of hydrogen-bond donors (Lipinski definition) is 2. The molecule has 0 amide bonds. The van der Waals surface area contributed by atoms with E-state index in [1.807, 2.05) is 6.92 Å². The van der Waals surface area contributed by atoms with Crippen LogP contribution < -0.4 is 11.1 Å². The Morgan fingerprint density at radius 2 is 1.79 bits per heavy atom. The van der Waals surface area contributed by atoms with Gasteiger partial charge in [0.25, 0.3) is 0 Å². The van der Waals surface area contributed by atoms with Gasteiger partial charge in [-0.25, -0.2) is 14.4 Å². The molecule has 2 rings (SSSR count). The first-order valence-corrected chi connectivity index (χ1v) is 6.23. The van der Waals surface area contributed by atoms with Gasteiger partial charge >= 0.3 is 0 Å². The normalized spacial score (nSPS) is 12.2. The predicted molar refractivity (Wildman–Crippen MR) is 74.2 cm³/mol. The molecule has 2 aromatic rings. The zero-order valence-corrected chi connectivity index (χ0v) is 10.8. The molecular formula is C14H17FN4. The molecule has 1 aromatic carbocycles. The molecule has 0 spiro atoms. The van der Waals surface area contributed by atoms with Crippen molar-refractivity contribution in [1.29, 1.82) is 0 Å². The number of rotatable bonds is 5. The second kappa shape index (κ2) is 6.24. The van der Waals surface area contributed by atoms with E-state index in [-0.39, 0.29) is 11.9 Å². The van der Waals surface area contributed by atoms with Crippen LogP contribution in [0.1, 0.15) is 13.3 Å². The number of nitrogens with one attached hydrogen (secondary N) is 1. The van der Waals surface area contributed by atoms with Gasteiger partial charge in [-0.1, -0.05) is 12.1 Å². The van der Waals surface area contributed by atoms with Crippen LogP contribution in [0.2, 0.25) is 0 Å². The molecule has 0 bridgehead atoms. The number of anilines is 1. The van der Waals surface area contributed by atoms with E-state index < -0.39 is 0 Å². The highest BCUT2D eigenvalue weighted by atomic mass is 19.1. The Morgan fingerprint density at radius 3 is 2.37 bits per heavy atom. The maximum Gasteiger partial charge on any atom is 0.222 e. The van der Waals surface area contributed by atoms with Gasteiger partial charge < -0.3 is 11.1 Å². The Kier molecular flexibility index (Phi) is 4.41. The summed E-state index contributed by atoms with van der Waals surface area (Å²) in [5.41, 5.74) is 7.23. The molecule has 4 nitrogen and oxygen atoms in total. The van der Waals surface area contributed by atoms with E-state index in [2.05, 4.69) is 15.3 Å². The van der Waals surface area contributed by atoms with Gasteiger partial charge in [-0.2, -0.15) is 0 Å². The lowest BCUT2D eigenvalue weighted by atomic mass is 10.1. The van der Waals surface area contributed by atoms with Crippen LogP contribution in [0.15, 0.2) is 36.7 Å². The molecule has 0 saturated carbocycles. The van der Waals surface area contributed by atoms with Crippen molar-refractivity contribution in [3.63, 3.8) is 0 Å². The van der Waals surface area contributed by atoms with Gasteiger partial charge in [-0.05, 0) is 37.6 Å². The minimum Gasteiger partial charge on any atom is -0.352 e. The van der Waals surface area contributed by atoms with Crippen molar-refractivity contribution >= 4 is 5.95 Å². The first-order chi connectivity index (χ1) is 9.19. The first-order valence-electron chi connectivity index (χ1n) is 6.23. The highest BCUT2D eigenvalue weighted by Gasteiger charge is 2.04. The summed E-state index contributed by atoms with van der Waals surface area (Å²) < 4.78 is 12.8. The van der Waals surface area contributed by atoms with Gasteiger partial charge in [0, 0.05) is 24.0 Å². The number of hydrogen-bond acceptors (Lipinski definition) is 4. The third-order valence-corrected chi connectivity index (χ3v) is 2.80. The third kappa shape index (κ3) is 3.72. The molecule has 0 aliphatic heterocycles. The number of nitrogens with zero attached hydrogens (tertiary/aromatic N) is 2. The van der Waals surface area contributed by atoms with E-state index in [1.165, 1.54) is 12.1 Å². The van der Waals surface area contributed by atoms with Crippen molar-refractivity contribution in [2.45, 2.75) is 19.4 Å². The fourth-order valence-electron chi connectivity index (χ4n) is 1.74. The summed E-state index contributed by atoms with van der Waals surface area (Å²) in [5.74, 6) is 0.324. The van der Waals surface area contributed by atoms with Crippen LogP contribution in [0.5, 0.6) is 0 Å². The molecule has 100 valence electrons. The molecule has 19 heavy (non-hydrogen) atoms. The zero-order chi connectivity index (χ0) is 13.7. The van der Waals surface area contributed by atoms with Gasteiger partial charge in [0.05, 0.1) is 0 Å². The molecule has 1 heterocycles. The smallest absolute Gasteiger partial charge is 0.222 e. The van der Waals surface area contributed by atoms with E-state index in [1.54, 1.807) is 24.5 Å². The van der Waals surface area contributed by atoms with Crippen LogP contribution in [0.25, 0.3) is 11.1 Å². The Morgan fingerprint density at radius 1 is 1.16 bits per heavy atom. The summed E-state index contributed by atoms with van der Waals surface area (Å²) in [6.07, 6.45) is 4.30. The van der Waals surface area contributed by atoms with Crippen molar-refractivity contribution in [3.8, 4) is 11.1 Å². The summed E-state index contributed by atoms with van der Waals surface area (Å²) in [6, 6.07) is 6.49. The third-order valence-electron chi connectivity index (χ3n) is 2.80. The standard InChI is InChI=1S/C14H17FN4/c1-10(6-7-16)19-14-17-8-12(9-18-14)11-2-4-13(15)5-3-11/h2-5,8-10H,6-7,16H2,1H3,(H,17,18,19). The average Bonchev–Trinajstić information content (AvgIpc) is 2.41. The average molecular weight is 260 g/mol. The van der Waals surface area contributed by atoms with Gasteiger partial charge in [-0.15, -0.1) is 0 Å². The lowest BCUT2D eigenvalue weighted by Crippen LogP contribution is -2.20. The van der Waals surface area contributed by atoms with Crippen LogP contribution in [0, 0.1) is 5.82 Å². The molecule has 0 aliphatic carbocycles. The van der Waals surface area contributed by atoms with Crippen LogP contribution in [0.3, 0.4) is 0 Å². The SMILES string of the molecule is CC(CCN)Nc1ncc(-c2ccc(F)cc2)cn1.